The fourth-order valence-corrected chi connectivity index (χ4v) is 1.62. The molecule has 0 saturated heterocycles. The summed E-state index contributed by atoms with van der Waals surface area (Å²) in [6.07, 6.45) is -4.62. The highest BCUT2D eigenvalue weighted by atomic mass is 35.5. The van der Waals surface area contributed by atoms with Gasteiger partial charge in [0.15, 0.2) is 5.78 Å². The minimum atomic E-state index is -4.62. The molecular weight excluding hydrogens is 252 g/mol. The standard InChI is InChI=1S/C9H5Cl2F3O/c1-4(15)6-2-5(10)3-7(8(6)11)9(12,13)14/h2-3H,1H3. The van der Waals surface area contributed by atoms with Gasteiger partial charge in [-0.15, -0.1) is 0 Å². The van der Waals surface area contributed by atoms with Crippen LogP contribution in [0, 0.1) is 0 Å². The molecule has 0 N–H and O–H groups in total. The van der Waals surface area contributed by atoms with Crippen LogP contribution in [0.5, 0.6) is 0 Å². The topological polar surface area (TPSA) is 17.1 Å². The fourth-order valence-electron chi connectivity index (χ4n) is 1.05. The van der Waals surface area contributed by atoms with Gasteiger partial charge >= 0.3 is 6.18 Å². The molecule has 15 heavy (non-hydrogen) atoms. The normalized spacial score (nSPS) is 11.6. The molecule has 0 aromatic heterocycles. The third-order valence-electron chi connectivity index (χ3n) is 1.72. The Bertz CT molecular complexity index is 413. The van der Waals surface area contributed by atoms with Crippen LogP contribution in [0.15, 0.2) is 12.1 Å². The number of carbonyl (C=O) groups is 1. The van der Waals surface area contributed by atoms with Crippen molar-refractivity contribution < 1.29 is 18.0 Å². The van der Waals surface area contributed by atoms with Gasteiger partial charge in [-0.3, -0.25) is 4.79 Å². The summed E-state index contributed by atoms with van der Waals surface area (Å²) in [7, 11) is 0. The van der Waals surface area contributed by atoms with Crippen molar-refractivity contribution in [2.75, 3.05) is 0 Å². The highest BCUT2D eigenvalue weighted by molar-refractivity contribution is 6.36. The number of ketones is 1. The van der Waals surface area contributed by atoms with Gasteiger partial charge in [-0.1, -0.05) is 23.2 Å². The molecule has 0 spiro atoms. The van der Waals surface area contributed by atoms with Gasteiger partial charge in [0, 0.05) is 10.6 Å². The van der Waals surface area contributed by atoms with Crippen LogP contribution in [0.2, 0.25) is 10.0 Å². The van der Waals surface area contributed by atoms with E-state index in [-0.39, 0.29) is 10.6 Å². The summed E-state index contributed by atoms with van der Waals surface area (Å²) in [5.74, 6) is -0.562. The molecule has 82 valence electrons. The second kappa shape index (κ2) is 4.02. The van der Waals surface area contributed by atoms with Crippen molar-refractivity contribution in [2.24, 2.45) is 0 Å². The lowest BCUT2D eigenvalue weighted by Crippen LogP contribution is -2.08. The molecule has 0 radical (unpaired) electrons. The maximum atomic E-state index is 12.4. The first-order chi connectivity index (χ1) is 6.73. The van der Waals surface area contributed by atoms with Gasteiger partial charge in [0.05, 0.1) is 10.6 Å². The minimum absolute atomic E-state index is 0.170. The zero-order valence-electron chi connectivity index (χ0n) is 7.45. The Kier molecular flexibility index (Phi) is 3.31. The molecule has 1 rings (SSSR count). The SMILES string of the molecule is CC(=O)c1cc(Cl)cc(C(F)(F)F)c1Cl. The van der Waals surface area contributed by atoms with E-state index < -0.39 is 22.5 Å². The lowest BCUT2D eigenvalue weighted by atomic mass is 10.1. The van der Waals surface area contributed by atoms with Crippen molar-refractivity contribution in [2.45, 2.75) is 13.1 Å². The molecule has 0 amide bonds. The van der Waals surface area contributed by atoms with Gasteiger partial charge < -0.3 is 0 Å². The average molecular weight is 257 g/mol. The molecule has 1 aromatic rings. The van der Waals surface area contributed by atoms with Gasteiger partial charge in [-0.25, -0.2) is 0 Å². The molecule has 0 fully saturated rings. The molecule has 0 atom stereocenters. The maximum Gasteiger partial charge on any atom is 0.417 e. The van der Waals surface area contributed by atoms with E-state index in [0.29, 0.717) is 6.07 Å². The zero-order chi connectivity index (χ0) is 11.8. The third kappa shape index (κ3) is 2.63. The lowest BCUT2D eigenvalue weighted by Gasteiger charge is -2.11. The van der Waals surface area contributed by atoms with E-state index in [1.165, 1.54) is 0 Å². The fraction of sp³-hybridized carbons (Fsp3) is 0.222. The average Bonchev–Trinajstić information content (AvgIpc) is 2.06. The first kappa shape index (κ1) is 12.3. The van der Waals surface area contributed by atoms with Gasteiger partial charge in [0.2, 0.25) is 0 Å². The number of carbonyl (C=O) groups excluding carboxylic acids is 1. The Morgan fingerprint density at radius 2 is 1.80 bits per heavy atom. The molecule has 6 heteroatoms. The molecule has 0 bridgehead atoms. The molecule has 0 aliphatic carbocycles. The molecule has 0 heterocycles. The van der Waals surface area contributed by atoms with Crippen LogP contribution in [-0.2, 0) is 6.18 Å². The number of rotatable bonds is 1. The maximum absolute atomic E-state index is 12.4. The van der Waals surface area contributed by atoms with E-state index >= 15 is 0 Å². The molecule has 0 aliphatic heterocycles. The van der Waals surface area contributed by atoms with Crippen LogP contribution in [0.1, 0.15) is 22.8 Å². The van der Waals surface area contributed by atoms with Gasteiger partial charge in [0.25, 0.3) is 0 Å². The molecular formula is C9H5Cl2F3O. The molecule has 0 saturated carbocycles. The second-order valence-corrected chi connectivity index (χ2v) is 3.68. The number of alkyl halides is 3. The Balaban J connectivity index is 3.49. The van der Waals surface area contributed by atoms with Crippen molar-refractivity contribution in [1.29, 1.82) is 0 Å². The number of hydrogen-bond donors (Lipinski definition) is 0. The Hall–Kier alpha value is -0.740. The van der Waals surface area contributed by atoms with Crippen molar-refractivity contribution in [3.05, 3.63) is 33.3 Å². The van der Waals surface area contributed by atoms with Gasteiger partial charge in [-0.2, -0.15) is 13.2 Å². The van der Waals surface area contributed by atoms with Crippen molar-refractivity contribution in [3.63, 3.8) is 0 Å². The number of Topliss-reactive ketones (excluding diaryl/α,β-unsaturated/α-hetero) is 1. The van der Waals surface area contributed by atoms with Crippen molar-refractivity contribution in [1.82, 2.24) is 0 Å². The predicted octanol–water partition coefficient (Wildman–Crippen LogP) is 4.21. The summed E-state index contributed by atoms with van der Waals surface area (Å²) >= 11 is 10.9. The van der Waals surface area contributed by atoms with Crippen LogP contribution < -0.4 is 0 Å². The first-order valence-corrected chi connectivity index (χ1v) is 4.56. The molecule has 1 nitrogen and oxygen atoms in total. The Morgan fingerprint density at radius 1 is 1.27 bits per heavy atom. The molecule has 0 unspecified atom stereocenters. The Morgan fingerprint density at radius 3 is 2.20 bits per heavy atom. The summed E-state index contributed by atoms with van der Waals surface area (Å²) in [5.41, 5.74) is -1.32. The molecule has 0 aliphatic rings. The van der Waals surface area contributed by atoms with E-state index in [1.54, 1.807) is 0 Å². The van der Waals surface area contributed by atoms with Gasteiger partial charge in [0.1, 0.15) is 0 Å². The van der Waals surface area contributed by atoms with Gasteiger partial charge in [-0.05, 0) is 19.1 Å². The highest BCUT2D eigenvalue weighted by Crippen LogP contribution is 2.38. The summed E-state index contributed by atoms with van der Waals surface area (Å²) in [5, 5.41) is -0.781. The third-order valence-corrected chi connectivity index (χ3v) is 2.35. The zero-order valence-corrected chi connectivity index (χ0v) is 8.96. The highest BCUT2D eigenvalue weighted by Gasteiger charge is 2.35. The monoisotopic (exact) mass is 256 g/mol. The van der Waals surface area contributed by atoms with Crippen LogP contribution in [0.25, 0.3) is 0 Å². The Labute approximate surface area is 93.8 Å². The quantitative estimate of drug-likeness (QED) is 0.688. The second-order valence-electron chi connectivity index (χ2n) is 2.87. The number of hydrogen-bond acceptors (Lipinski definition) is 1. The van der Waals surface area contributed by atoms with Crippen molar-refractivity contribution in [3.8, 4) is 0 Å². The minimum Gasteiger partial charge on any atom is -0.294 e. The summed E-state index contributed by atoms with van der Waals surface area (Å²) in [4.78, 5) is 11.0. The first-order valence-electron chi connectivity index (χ1n) is 3.80. The van der Waals surface area contributed by atoms with E-state index in [2.05, 4.69) is 0 Å². The van der Waals surface area contributed by atoms with Crippen LogP contribution in [0.3, 0.4) is 0 Å². The smallest absolute Gasteiger partial charge is 0.294 e. The van der Waals surface area contributed by atoms with E-state index in [0.717, 1.165) is 13.0 Å². The summed E-state index contributed by atoms with van der Waals surface area (Å²) in [6, 6.07) is 1.80. The van der Waals surface area contributed by atoms with E-state index in [9.17, 15) is 18.0 Å². The predicted molar refractivity (Wildman–Crippen MR) is 51.5 cm³/mol. The lowest BCUT2D eigenvalue weighted by molar-refractivity contribution is -0.137. The van der Waals surface area contributed by atoms with E-state index in [1.807, 2.05) is 0 Å². The van der Waals surface area contributed by atoms with Crippen molar-refractivity contribution >= 4 is 29.0 Å². The summed E-state index contributed by atoms with van der Waals surface area (Å²) in [6.45, 7) is 1.12. The number of benzene rings is 1. The summed E-state index contributed by atoms with van der Waals surface area (Å²) < 4.78 is 37.3. The van der Waals surface area contributed by atoms with E-state index in [4.69, 9.17) is 23.2 Å². The molecule has 1 aromatic carbocycles. The number of halogens is 5. The largest absolute Gasteiger partial charge is 0.417 e. The van der Waals surface area contributed by atoms with Crippen LogP contribution in [-0.4, -0.2) is 5.78 Å². The van der Waals surface area contributed by atoms with Crippen LogP contribution in [0.4, 0.5) is 13.2 Å². The van der Waals surface area contributed by atoms with Crippen LogP contribution >= 0.6 is 23.2 Å².